The number of amides is 1. The van der Waals surface area contributed by atoms with E-state index in [1.807, 2.05) is 24.3 Å². The molecule has 1 aliphatic rings. The summed E-state index contributed by atoms with van der Waals surface area (Å²) in [6.45, 7) is 0.826. The third-order valence-electron chi connectivity index (χ3n) is 4.35. The smallest absolute Gasteiger partial charge is 0.274 e. The predicted octanol–water partition coefficient (Wildman–Crippen LogP) is 4.47. The van der Waals surface area contributed by atoms with E-state index >= 15 is 0 Å². The van der Waals surface area contributed by atoms with E-state index in [-0.39, 0.29) is 5.91 Å². The molecule has 0 atom stereocenters. The average Bonchev–Trinajstić information content (AvgIpc) is 2.69. The summed E-state index contributed by atoms with van der Waals surface area (Å²) in [5.41, 5.74) is 3.23. The fraction of sp³-hybridized carbons (Fsp3) is 0.150. The first kappa shape index (κ1) is 16.5. The second kappa shape index (κ2) is 7.14. The van der Waals surface area contributed by atoms with Crippen LogP contribution in [0.4, 0.5) is 17.3 Å². The normalized spacial score (nSPS) is 13.2. The summed E-state index contributed by atoms with van der Waals surface area (Å²) in [7, 11) is 0. The number of nitrogens with zero attached hydrogens (tertiary/aromatic N) is 3. The van der Waals surface area contributed by atoms with Gasteiger partial charge in [-0.1, -0.05) is 41.9 Å². The summed E-state index contributed by atoms with van der Waals surface area (Å²) in [4.78, 5) is 23.5. The van der Waals surface area contributed by atoms with Gasteiger partial charge in [0, 0.05) is 18.4 Å². The zero-order chi connectivity index (χ0) is 17.9. The molecule has 26 heavy (non-hydrogen) atoms. The van der Waals surface area contributed by atoms with Crippen molar-refractivity contribution >= 4 is 34.8 Å². The largest absolute Gasteiger partial charge is 0.319 e. The lowest BCUT2D eigenvalue weighted by molar-refractivity contribution is 0.102. The van der Waals surface area contributed by atoms with Crippen molar-refractivity contribution in [1.82, 2.24) is 9.97 Å². The van der Waals surface area contributed by atoms with Crippen LogP contribution < -0.4 is 10.2 Å². The molecule has 6 heteroatoms. The van der Waals surface area contributed by atoms with Crippen molar-refractivity contribution in [3.63, 3.8) is 0 Å². The molecular formula is C20H17ClN4O. The summed E-state index contributed by atoms with van der Waals surface area (Å²) in [5, 5.41) is 3.28. The average molecular weight is 365 g/mol. The first-order chi connectivity index (χ1) is 12.7. The Morgan fingerprint density at radius 3 is 2.77 bits per heavy atom. The summed E-state index contributed by atoms with van der Waals surface area (Å²) in [5.74, 6) is 0.219. The number of halogens is 1. The van der Waals surface area contributed by atoms with Crippen LogP contribution in [-0.2, 0) is 6.42 Å². The number of para-hydroxylation sites is 2. The molecule has 0 aliphatic carbocycles. The van der Waals surface area contributed by atoms with Crippen molar-refractivity contribution in [2.75, 3.05) is 16.8 Å². The lowest BCUT2D eigenvalue weighted by Crippen LogP contribution is -2.27. The monoisotopic (exact) mass is 364 g/mol. The fourth-order valence-electron chi connectivity index (χ4n) is 3.10. The Kier molecular flexibility index (Phi) is 4.54. The maximum absolute atomic E-state index is 12.6. The molecule has 0 bridgehead atoms. The van der Waals surface area contributed by atoms with E-state index in [1.54, 1.807) is 24.4 Å². The van der Waals surface area contributed by atoms with Crippen molar-refractivity contribution < 1.29 is 4.79 Å². The van der Waals surface area contributed by atoms with Gasteiger partial charge in [0.1, 0.15) is 5.69 Å². The molecule has 1 amide bonds. The highest BCUT2D eigenvalue weighted by molar-refractivity contribution is 6.33. The van der Waals surface area contributed by atoms with Gasteiger partial charge in [0.05, 0.1) is 10.7 Å². The van der Waals surface area contributed by atoms with Crippen molar-refractivity contribution in [1.29, 1.82) is 0 Å². The van der Waals surface area contributed by atoms with E-state index in [4.69, 9.17) is 11.6 Å². The van der Waals surface area contributed by atoms with Crippen LogP contribution in [0.25, 0.3) is 0 Å². The highest BCUT2D eigenvalue weighted by atomic mass is 35.5. The summed E-state index contributed by atoms with van der Waals surface area (Å²) in [6.07, 6.45) is 3.68. The molecule has 1 N–H and O–H groups in total. The lowest BCUT2D eigenvalue weighted by atomic mass is 10.0. The molecule has 0 radical (unpaired) electrons. The molecule has 0 spiro atoms. The molecule has 4 rings (SSSR count). The van der Waals surface area contributed by atoms with Crippen molar-refractivity contribution in [2.45, 2.75) is 12.8 Å². The maximum Gasteiger partial charge on any atom is 0.274 e. The van der Waals surface area contributed by atoms with Gasteiger partial charge in [-0.3, -0.25) is 4.79 Å². The van der Waals surface area contributed by atoms with Gasteiger partial charge in [-0.15, -0.1) is 0 Å². The minimum Gasteiger partial charge on any atom is -0.319 e. The molecule has 0 unspecified atom stereocenters. The first-order valence-electron chi connectivity index (χ1n) is 8.47. The Balaban J connectivity index is 1.62. The molecule has 1 aliphatic heterocycles. The number of hydrogen-bond donors (Lipinski definition) is 1. The van der Waals surface area contributed by atoms with Gasteiger partial charge < -0.3 is 10.2 Å². The van der Waals surface area contributed by atoms with Gasteiger partial charge in [0.15, 0.2) is 0 Å². The summed E-state index contributed by atoms with van der Waals surface area (Å²) in [6, 6.07) is 16.9. The number of aromatic nitrogens is 2. The first-order valence-corrected chi connectivity index (χ1v) is 8.84. The van der Waals surface area contributed by atoms with Crippen LogP contribution in [0.3, 0.4) is 0 Å². The quantitative estimate of drug-likeness (QED) is 0.745. The molecule has 2 aromatic carbocycles. The second-order valence-corrected chi connectivity index (χ2v) is 6.47. The minimum atomic E-state index is -0.313. The van der Waals surface area contributed by atoms with Crippen LogP contribution in [0.5, 0.6) is 0 Å². The zero-order valence-electron chi connectivity index (χ0n) is 14.0. The van der Waals surface area contributed by atoms with Gasteiger partial charge in [-0.05, 0) is 42.7 Å². The summed E-state index contributed by atoms with van der Waals surface area (Å²) >= 11 is 6.11. The number of carbonyl (C=O) groups is 1. The number of fused-ring (bicyclic) bond motifs is 1. The Bertz CT molecular complexity index is 960. The number of nitrogens with one attached hydrogen (secondary N) is 1. The summed E-state index contributed by atoms with van der Waals surface area (Å²) < 4.78 is 0. The zero-order valence-corrected chi connectivity index (χ0v) is 14.8. The molecular weight excluding hydrogens is 348 g/mol. The molecule has 1 aromatic heterocycles. The van der Waals surface area contributed by atoms with Crippen LogP contribution >= 0.6 is 11.6 Å². The highest BCUT2D eigenvalue weighted by Gasteiger charge is 2.21. The van der Waals surface area contributed by atoms with E-state index in [2.05, 4.69) is 32.3 Å². The number of carbonyl (C=O) groups excluding carboxylic acids is 1. The Morgan fingerprint density at radius 1 is 1.08 bits per heavy atom. The van der Waals surface area contributed by atoms with Crippen molar-refractivity contribution in [2.24, 2.45) is 0 Å². The number of hydrogen-bond acceptors (Lipinski definition) is 4. The minimum absolute atomic E-state index is 0.304. The Labute approximate surface area is 156 Å². The van der Waals surface area contributed by atoms with Gasteiger partial charge in [-0.25, -0.2) is 9.97 Å². The second-order valence-electron chi connectivity index (χ2n) is 6.06. The molecule has 130 valence electrons. The molecule has 0 saturated heterocycles. The highest BCUT2D eigenvalue weighted by Crippen LogP contribution is 2.31. The topological polar surface area (TPSA) is 58.1 Å². The van der Waals surface area contributed by atoms with E-state index < -0.39 is 0 Å². The van der Waals surface area contributed by atoms with E-state index in [1.165, 1.54) is 5.56 Å². The van der Waals surface area contributed by atoms with E-state index in [0.717, 1.165) is 25.1 Å². The van der Waals surface area contributed by atoms with Gasteiger partial charge in [-0.2, -0.15) is 0 Å². The lowest BCUT2D eigenvalue weighted by Gasteiger charge is -2.29. The molecule has 3 aromatic rings. The van der Waals surface area contributed by atoms with E-state index in [9.17, 15) is 4.79 Å². The standard InChI is InChI=1S/C20H17ClN4O/c21-15-8-2-3-9-16(15)23-19(26)17-11-12-22-20(24-17)25-13-5-7-14-6-1-4-10-18(14)25/h1-4,6,8-12H,5,7,13H2,(H,23,26). The third-order valence-corrected chi connectivity index (χ3v) is 4.68. The van der Waals surface area contributed by atoms with Crippen LogP contribution in [-0.4, -0.2) is 22.4 Å². The van der Waals surface area contributed by atoms with Crippen LogP contribution in [0.2, 0.25) is 5.02 Å². The SMILES string of the molecule is O=C(Nc1ccccc1Cl)c1ccnc(N2CCCc3ccccc32)n1. The molecule has 5 nitrogen and oxygen atoms in total. The van der Waals surface area contributed by atoms with Crippen LogP contribution in [0.1, 0.15) is 22.5 Å². The van der Waals surface area contributed by atoms with Gasteiger partial charge in [0.25, 0.3) is 5.91 Å². The molecule has 0 fully saturated rings. The van der Waals surface area contributed by atoms with Crippen molar-refractivity contribution in [3.8, 4) is 0 Å². The third kappa shape index (κ3) is 3.26. The maximum atomic E-state index is 12.6. The Hall–Kier alpha value is -2.92. The fourth-order valence-corrected chi connectivity index (χ4v) is 3.28. The number of rotatable bonds is 3. The molecule has 2 heterocycles. The number of benzene rings is 2. The van der Waals surface area contributed by atoms with Crippen LogP contribution in [0, 0.1) is 0 Å². The van der Waals surface area contributed by atoms with Crippen LogP contribution in [0.15, 0.2) is 60.8 Å². The number of aryl methyl sites for hydroxylation is 1. The predicted molar refractivity (Wildman–Crippen MR) is 103 cm³/mol. The molecule has 0 saturated carbocycles. The van der Waals surface area contributed by atoms with Gasteiger partial charge in [0.2, 0.25) is 5.95 Å². The van der Waals surface area contributed by atoms with E-state index in [0.29, 0.717) is 22.4 Å². The Morgan fingerprint density at radius 2 is 1.88 bits per heavy atom. The van der Waals surface area contributed by atoms with Crippen molar-refractivity contribution in [3.05, 3.63) is 77.1 Å². The van der Waals surface area contributed by atoms with Gasteiger partial charge >= 0.3 is 0 Å². The number of anilines is 3.